The van der Waals surface area contributed by atoms with Gasteiger partial charge in [-0.2, -0.15) is 13.2 Å². The van der Waals surface area contributed by atoms with Crippen molar-refractivity contribution in [3.63, 3.8) is 0 Å². The first-order chi connectivity index (χ1) is 11.8. The highest BCUT2D eigenvalue weighted by Crippen LogP contribution is 2.28. The second-order valence-electron chi connectivity index (χ2n) is 4.75. The molecule has 7 nitrogen and oxygen atoms in total. The van der Waals surface area contributed by atoms with Crippen LogP contribution >= 0.6 is 0 Å². The third kappa shape index (κ3) is 5.09. The number of alkyl halides is 3. The molecule has 3 amide bonds. The summed E-state index contributed by atoms with van der Waals surface area (Å²) in [6.45, 7) is -0.0217. The van der Waals surface area contributed by atoms with Crippen LogP contribution in [-0.2, 0) is 22.3 Å². The highest BCUT2D eigenvalue weighted by Gasteiger charge is 2.30. The number of carbonyl (C=O) groups excluding carboxylic acids is 3. The number of hydrogen-bond acceptors (Lipinski definition) is 4. The van der Waals surface area contributed by atoms with Gasteiger partial charge >= 0.3 is 18.0 Å². The second kappa shape index (κ2) is 7.51. The maximum absolute atomic E-state index is 12.4. The van der Waals surface area contributed by atoms with Crippen LogP contribution in [0.25, 0.3) is 0 Å². The van der Waals surface area contributed by atoms with E-state index >= 15 is 0 Å². The molecule has 1 aromatic carbocycles. The molecule has 25 heavy (non-hydrogen) atoms. The van der Waals surface area contributed by atoms with Gasteiger partial charge in [-0.3, -0.25) is 25.2 Å². The summed E-state index contributed by atoms with van der Waals surface area (Å²) in [5.41, 5.74) is 2.75. The number of benzene rings is 1. The smallest absolute Gasteiger partial charge is 0.416 e. The Morgan fingerprint density at radius 2 is 1.64 bits per heavy atom. The summed E-state index contributed by atoms with van der Waals surface area (Å²) in [4.78, 5) is 34.7. The number of rotatable bonds is 3. The Morgan fingerprint density at radius 3 is 2.20 bits per heavy atom. The lowest BCUT2D eigenvalue weighted by molar-refractivity contribution is -0.139. The van der Waals surface area contributed by atoms with Crippen molar-refractivity contribution in [2.24, 2.45) is 0 Å². The zero-order chi connectivity index (χ0) is 18.4. The lowest BCUT2D eigenvalue weighted by Crippen LogP contribution is -2.48. The van der Waals surface area contributed by atoms with Gasteiger partial charge in [-0.15, -0.1) is 0 Å². The van der Waals surface area contributed by atoms with E-state index in [4.69, 9.17) is 4.42 Å². The minimum absolute atomic E-state index is 0.0217. The Kier molecular flexibility index (Phi) is 5.42. The van der Waals surface area contributed by atoms with E-state index < -0.39 is 29.5 Å². The van der Waals surface area contributed by atoms with Crippen molar-refractivity contribution in [1.29, 1.82) is 0 Å². The Labute approximate surface area is 139 Å². The molecule has 0 spiro atoms. The van der Waals surface area contributed by atoms with E-state index in [2.05, 4.69) is 5.32 Å². The maximum atomic E-state index is 12.4. The van der Waals surface area contributed by atoms with Crippen LogP contribution in [0.1, 0.15) is 21.7 Å². The van der Waals surface area contributed by atoms with Gasteiger partial charge in [0.05, 0.1) is 18.4 Å². The van der Waals surface area contributed by atoms with Crippen molar-refractivity contribution in [3.05, 3.63) is 59.5 Å². The molecule has 132 valence electrons. The van der Waals surface area contributed by atoms with Crippen LogP contribution < -0.4 is 16.2 Å². The standard InChI is InChI=1S/C15H12F3N3O4/c16-15(17,18)10-5-3-9(4-6-10)12(22)20-21-14(24)13(23)19-8-11-2-1-7-25-11/h1-7H,8H2,(H,19,23)(H,20,22)(H,21,24). The maximum Gasteiger partial charge on any atom is 0.416 e. The normalized spacial score (nSPS) is 10.8. The number of halogens is 3. The van der Waals surface area contributed by atoms with Crippen LogP contribution in [0.2, 0.25) is 0 Å². The Balaban J connectivity index is 1.82. The van der Waals surface area contributed by atoms with Crippen molar-refractivity contribution in [2.45, 2.75) is 12.7 Å². The van der Waals surface area contributed by atoms with Crippen molar-refractivity contribution in [3.8, 4) is 0 Å². The van der Waals surface area contributed by atoms with Gasteiger partial charge < -0.3 is 9.73 Å². The van der Waals surface area contributed by atoms with Gasteiger partial charge in [-0.1, -0.05) is 0 Å². The monoisotopic (exact) mass is 355 g/mol. The quantitative estimate of drug-likeness (QED) is 0.572. The topological polar surface area (TPSA) is 100 Å². The molecule has 0 fully saturated rings. The van der Waals surface area contributed by atoms with Gasteiger partial charge in [0.2, 0.25) is 0 Å². The minimum atomic E-state index is -4.52. The molecule has 2 aromatic rings. The average molecular weight is 355 g/mol. The molecule has 3 N–H and O–H groups in total. The zero-order valence-electron chi connectivity index (χ0n) is 12.5. The average Bonchev–Trinajstić information content (AvgIpc) is 3.10. The van der Waals surface area contributed by atoms with Crippen molar-refractivity contribution in [1.82, 2.24) is 16.2 Å². The summed E-state index contributed by atoms with van der Waals surface area (Å²) in [5, 5.41) is 2.25. The molecule has 0 bridgehead atoms. The van der Waals surface area contributed by atoms with Gasteiger partial charge in [-0.25, -0.2) is 0 Å². The molecule has 1 heterocycles. The van der Waals surface area contributed by atoms with Crippen LogP contribution in [-0.4, -0.2) is 17.7 Å². The summed E-state index contributed by atoms with van der Waals surface area (Å²) in [5.74, 6) is -2.62. The minimum Gasteiger partial charge on any atom is -0.467 e. The van der Waals surface area contributed by atoms with E-state index in [1.165, 1.54) is 6.26 Å². The number of hydrazine groups is 1. The first-order valence-electron chi connectivity index (χ1n) is 6.85. The fraction of sp³-hybridized carbons (Fsp3) is 0.133. The van der Waals surface area contributed by atoms with Gasteiger partial charge in [-0.05, 0) is 36.4 Å². The van der Waals surface area contributed by atoms with Crippen LogP contribution in [0.15, 0.2) is 47.1 Å². The summed E-state index contributed by atoms with van der Waals surface area (Å²) in [7, 11) is 0. The van der Waals surface area contributed by atoms with E-state index in [1.807, 2.05) is 10.9 Å². The summed E-state index contributed by atoms with van der Waals surface area (Å²) < 4.78 is 42.2. The molecule has 10 heteroatoms. The number of carbonyl (C=O) groups is 3. The second-order valence-corrected chi connectivity index (χ2v) is 4.75. The largest absolute Gasteiger partial charge is 0.467 e. The Bertz CT molecular complexity index is 755. The SMILES string of the molecule is O=C(NCc1ccco1)C(=O)NNC(=O)c1ccc(C(F)(F)F)cc1. The lowest BCUT2D eigenvalue weighted by atomic mass is 10.1. The van der Waals surface area contributed by atoms with E-state index in [9.17, 15) is 27.6 Å². The Morgan fingerprint density at radius 1 is 0.960 bits per heavy atom. The first kappa shape index (κ1) is 18.0. The van der Waals surface area contributed by atoms with Gasteiger partial charge in [0.15, 0.2) is 0 Å². The van der Waals surface area contributed by atoms with E-state index in [1.54, 1.807) is 12.1 Å². The molecule has 2 rings (SSSR count). The predicted octanol–water partition coefficient (Wildman–Crippen LogP) is 1.38. The zero-order valence-corrected chi connectivity index (χ0v) is 12.5. The molecule has 1 aromatic heterocycles. The summed E-state index contributed by atoms with van der Waals surface area (Å²) in [6, 6.07) is 6.54. The molecule has 0 radical (unpaired) electrons. The van der Waals surface area contributed by atoms with Gasteiger partial charge in [0, 0.05) is 5.56 Å². The van der Waals surface area contributed by atoms with Crippen LogP contribution in [0.5, 0.6) is 0 Å². The first-order valence-corrected chi connectivity index (χ1v) is 6.85. The van der Waals surface area contributed by atoms with Gasteiger partial charge in [0.25, 0.3) is 5.91 Å². The van der Waals surface area contributed by atoms with Crippen molar-refractivity contribution in [2.75, 3.05) is 0 Å². The van der Waals surface area contributed by atoms with E-state index in [0.29, 0.717) is 5.76 Å². The number of nitrogens with one attached hydrogen (secondary N) is 3. The third-order valence-corrected chi connectivity index (χ3v) is 2.97. The third-order valence-electron chi connectivity index (χ3n) is 2.97. The molecule has 0 unspecified atom stereocenters. The fourth-order valence-electron chi connectivity index (χ4n) is 1.71. The van der Waals surface area contributed by atoms with Crippen LogP contribution in [0.3, 0.4) is 0 Å². The van der Waals surface area contributed by atoms with Crippen molar-refractivity contribution < 1.29 is 32.0 Å². The van der Waals surface area contributed by atoms with Gasteiger partial charge in [0.1, 0.15) is 5.76 Å². The summed E-state index contributed by atoms with van der Waals surface area (Å²) in [6.07, 6.45) is -3.12. The molecule has 0 aliphatic carbocycles. The van der Waals surface area contributed by atoms with Crippen LogP contribution in [0.4, 0.5) is 13.2 Å². The van der Waals surface area contributed by atoms with E-state index in [-0.39, 0.29) is 12.1 Å². The number of amides is 3. The van der Waals surface area contributed by atoms with Crippen molar-refractivity contribution >= 4 is 17.7 Å². The lowest BCUT2D eigenvalue weighted by Gasteiger charge is -2.09. The molecule has 0 saturated carbocycles. The molecular weight excluding hydrogens is 343 g/mol. The fourth-order valence-corrected chi connectivity index (χ4v) is 1.71. The van der Waals surface area contributed by atoms with Crippen LogP contribution in [0, 0.1) is 0 Å². The molecule has 0 atom stereocenters. The predicted molar refractivity (Wildman–Crippen MR) is 77.6 cm³/mol. The molecular formula is C15H12F3N3O4. The molecule has 0 aliphatic rings. The van der Waals surface area contributed by atoms with E-state index in [0.717, 1.165) is 24.3 Å². The highest BCUT2D eigenvalue weighted by molar-refractivity contribution is 6.35. The highest BCUT2D eigenvalue weighted by atomic mass is 19.4. The Hall–Kier alpha value is -3.30. The number of furan rings is 1. The molecule has 0 aliphatic heterocycles. The number of hydrogen-bond donors (Lipinski definition) is 3. The molecule has 0 saturated heterocycles. The summed E-state index contributed by atoms with van der Waals surface area (Å²) >= 11 is 0.